The smallest absolute Gasteiger partial charge is 0.141 e. The molecule has 0 unspecified atom stereocenters. The van der Waals surface area contributed by atoms with Crippen LogP contribution in [0.3, 0.4) is 0 Å². The molecule has 4 rings (SSSR count). The second-order valence-electron chi connectivity index (χ2n) is 4.87. The Hall–Kier alpha value is -2.95. The highest BCUT2D eigenvalue weighted by Gasteiger charge is 2.07. The Labute approximate surface area is 121 Å². The van der Waals surface area contributed by atoms with E-state index in [0.29, 0.717) is 0 Å². The Bertz CT molecular complexity index is 876. The minimum absolute atomic E-state index is 0.752. The lowest BCUT2D eigenvalue weighted by Crippen LogP contribution is -2.00. The van der Waals surface area contributed by atoms with Crippen molar-refractivity contribution in [2.24, 2.45) is 0 Å². The van der Waals surface area contributed by atoms with E-state index in [9.17, 15) is 0 Å². The summed E-state index contributed by atoms with van der Waals surface area (Å²) < 4.78 is 1.91. The van der Waals surface area contributed by atoms with Gasteiger partial charge in [0.25, 0.3) is 0 Å². The van der Waals surface area contributed by atoms with E-state index in [1.165, 1.54) is 5.56 Å². The number of nitrogens with one attached hydrogen (secondary N) is 1. The summed E-state index contributed by atoms with van der Waals surface area (Å²) in [7, 11) is 0. The number of fused-ring (bicyclic) bond motifs is 1. The first-order valence-corrected chi connectivity index (χ1v) is 6.75. The van der Waals surface area contributed by atoms with Gasteiger partial charge in [-0.15, -0.1) is 0 Å². The molecule has 0 amide bonds. The molecule has 0 radical (unpaired) electrons. The topological polar surface area (TPSA) is 59.4 Å². The number of hydrogen-bond acceptors (Lipinski definition) is 3. The minimum Gasteiger partial charge on any atom is -0.346 e. The molecule has 0 fully saturated rings. The predicted molar refractivity (Wildman–Crippen MR) is 80.7 cm³/mol. The molecule has 0 saturated carbocycles. The van der Waals surface area contributed by atoms with E-state index in [2.05, 4.69) is 44.3 Å². The van der Waals surface area contributed by atoms with Crippen molar-refractivity contribution in [1.29, 1.82) is 0 Å². The second-order valence-corrected chi connectivity index (χ2v) is 4.87. The van der Waals surface area contributed by atoms with Gasteiger partial charge < -0.3 is 4.98 Å². The summed E-state index contributed by atoms with van der Waals surface area (Å²) in [6.07, 6.45) is 7.23. The third-order valence-corrected chi connectivity index (χ3v) is 3.46. The number of aromatic amines is 1. The van der Waals surface area contributed by atoms with Gasteiger partial charge in [-0.1, -0.05) is 18.2 Å². The van der Waals surface area contributed by atoms with Crippen LogP contribution in [0, 0.1) is 0 Å². The van der Waals surface area contributed by atoms with Crippen molar-refractivity contribution < 1.29 is 0 Å². The maximum Gasteiger partial charge on any atom is 0.141 e. The number of nitrogens with zero attached hydrogens (tertiary/aromatic N) is 4. The standard InChI is InChI=1S/C16H13N5/c1-3-12(10-21-8-2-6-20-21)9-13(4-1)15-14-5-7-17-16(14)19-11-18-15/h1-9,11H,10H2,(H,17,18,19). The SMILES string of the molecule is c1cc(Cn2cccn2)cc(-c2ncnc3[nH]ccc23)c1. The molecule has 4 aromatic rings. The van der Waals surface area contributed by atoms with E-state index in [1.807, 2.05) is 29.2 Å². The molecule has 0 spiro atoms. The largest absolute Gasteiger partial charge is 0.346 e. The Morgan fingerprint density at radius 3 is 3.00 bits per heavy atom. The van der Waals surface area contributed by atoms with Crippen molar-refractivity contribution in [3.8, 4) is 11.3 Å². The van der Waals surface area contributed by atoms with E-state index in [4.69, 9.17) is 0 Å². The van der Waals surface area contributed by atoms with Gasteiger partial charge in [-0.05, 0) is 23.8 Å². The summed E-state index contributed by atoms with van der Waals surface area (Å²) in [5, 5.41) is 5.28. The van der Waals surface area contributed by atoms with Crippen LogP contribution in [0.1, 0.15) is 5.56 Å². The van der Waals surface area contributed by atoms with E-state index in [1.54, 1.807) is 12.5 Å². The highest BCUT2D eigenvalue weighted by atomic mass is 15.3. The maximum absolute atomic E-state index is 4.43. The van der Waals surface area contributed by atoms with E-state index in [-0.39, 0.29) is 0 Å². The zero-order valence-electron chi connectivity index (χ0n) is 11.3. The van der Waals surface area contributed by atoms with Crippen molar-refractivity contribution in [1.82, 2.24) is 24.7 Å². The first-order chi connectivity index (χ1) is 10.4. The number of aromatic nitrogens is 5. The number of benzene rings is 1. The van der Waals surface area contributed by atoms with Crippen LogP contribution in [-0.2, 0) is 6.54 Å². The summed E-state index contributed by atoms with van der Waals surface area (Å²) in [6.45, 7) is 0.752. The van der Waals surface area contributed by atoms with Crippen LogP contribution in [0.4, 0.5) is 0 Å². The van der Waals surface area contributed by atoms with Crippen molar-refractivity contribution in [2.45, 2.75) is 6.54 Å². The third-order valence-electron chi connectivity index (χ3n) is 3.46. The van der Waals surface area contributed by atoms with Gasteiger partial charge in [0.1, 0.15) is 12.0 Å². The van der Waals surface area contributed by atoms with Crippen LogP contribution in [-0.4, -0.2) is 24.7 Å². The summed E-state index contributed by atoms with van der Waals surface area (Å²) in [5.41, 5.74) is 4.09. The van der Waals surface area contributed by atoms with Gasteiger partial charge in [0, 0.05) is 29.5 Å². The fourth-order valence-corrected chi connectivity index (χ4v) is 2.50. The van der Waals surface area contributed by atoms with Crippen LogP contribution < -0.4 is 0 Å². The van der Waals surface area contributed by atoms with Crippen molar-refractivity contribution in [2.75, 3.05) is 0 Å². The third kappa shape index (κ3) is 2.18. The van der Waals surface area contributed by atoms with Gasteiger partial charge in [0.05, 0.1) is 12.2 Å². The average molecular weight is 275 g/mol. The molecule has 0 aliphatic carbocycles. The number of H-pyrrole nitrogens is 1. The summed E-state index contributed by atoms with van der Waals surface area (Å²) >= 11 is 0. The molecule has 3 aromatic heterocycles. The zero-order chi connectivity index (χ0) is 14.1. The molecule has 0 aliphatic heterocycles. The molecule has 5 nitrogen and oxygen atoms in total. The second kappa shape index (κ2) is 4.86. The quantitative estimate of drug-likeness (QED) is 0.625. The van der Waals surface area contributed by atoms with Gasteiger partial charge in [0.2, 0.25) is 0 Å². The average Bonchev–Trinajstić information content (AvgIpc) is 3.18. The fraction of sp³-hybridized carbons (Fsp3) is 0.0625. The van der Waals surface area contributed by atoms with Crippen LogP contribution in [0.15, 0.2) is 61.3 Å². The number of hydrogen-bond donors (Lipinski definition) is 1. The normalized spacial score (nSPS) is 11.0. The highest BCUT2D eigenvalue weighted by molar-refractivity contribution is 5.90. The summed E-state index contributed by atoms with van der Waals surface area (Å²) in [5.74, 6) is 0. The minimum atomic E-state index is 0.752. The molecule has 0 saturated heterocycles. The zero-order valence-corrected chi connectivity index (χ0v) is 11.3. The molecule has 1 aromatic carbocycles. The summed E-state index contributed by atoms with van der Waals surface area (Å²) in [4.78, 5) is 11.8. The van der Waals surface area contributed by atoms with E-state index in [0.717, 1.165) is 28.8 Å². The van der Waals surface area contributed by atoms with Crippen molar-refractivity contribution in [3.05, 3.63) is 66.9 Å². The van der Waals surface area contributed by atoms with Crippen LogP contribution in [0.2, 0.25) is 0 Å². The van der Waals surface area contributed by atoms with Gasteiger partial charge in [-0.25, -0.2) is 9.97 Å². The van der Waals surface area contributed by atoms with Gasteiger partial charge in [-0.3, -0.25) is 4.68 Å². The first kappa shape index (κ1) is 11.8. The molecule has 0 atom stereocenters. The van der Waals surface area contributed by atoms with Gasteiger partial charge in [0.15, 0.2) is 0 Å². The van der Waals surface area contributed by atoms with Crippen LogP contribution >= 0.6 is 0 Å². The number of rotatable bonds is 3. The van der Waals surface area contributed by atoms with Gasteiger partial charge >= 0.3 is 0 Å². The van der Waals surface area contributed by atoms with Crippen molar-refractivity contribution >= 4 is 11.0 Å². The monoisotopic (exact) mass is 275 g/mol. The Morgan fingerprint density at radius 2 is 2.10 bits per heavy atom. The molecule has 21 heavy (non-hydrogen) atoms. The van der Waals surface area contributed by atoms with Crippen LogP contribution in [0.5, 0.6) is 0 Å². The van der Waals surface area contributed by atoms with Gasteiger partial charge in [-0.2, -0.15) is 5.10 Å². The first-order valence-electron chi connectivity index (χ1n) is 6.75. The predicted octanol–water partition coefficient (Wildman–Crippen LogP) is 2.87. The molecule has 102 valence electrons. The molecular weight excluding hydrogens is 262 g/mol. The molecule has 0 aliphatic rings. The molecule has 5 heteroatoms. The highest BCUT2D eigenvalue weighted by Crippen LogP contribution is 2.25. The molecule has 1 N–H and O–H groups in total. The maximum atomic E-state index is 4.43. The van der Waals surface area contributed by atoms with E-state index < -0.39 is 0 Å². The Balaban J connectivity index is 1.77. The van der Waals surface area contributed by atoms with Crippen molar-refractivity contribution in [3.63, 3.8) is 0 Å². The molecule has 0 bridgehead atoms. The molecular formula is C16H13N5. The molecule has 3 heterocycles. The lowest BCUT2D eigenvalue weighted by molar-refractivity contribution is 0.687. The Kier molecular flexibility index (Phi) is 2.74. The van der Waals surface area contributed by atoms with Crippen LogP contribution in [0.25, 0.3) is 22.3 Å². The Morgan fingerprint density at radius 1 is 1.10 bits per heavy atom. The fourth-order valence-electron chi connectivity index (χ4n) is 2.50. The lowest BCUT2D eigenvalue weighted by atomic mass is 10.1. The van der Waals surface area contributed by atoms with E-state index >= 15 is 0 Å². The summed E-state index contributed by atoms with van der Waals surface area (Å²) in [6, 6.07) is 12.3. The lowest BCUT2D eigenvalue weighted by Gasteiger charge is -2.06.